The highest BCUT2D eigenvalue weighted by Gasteiger charge is 2.29. The molecule has 6 nitrogen and oxygen atoms in total. The Bertz CT molecular complexity index is 678. The van der Waals surface area contributed by atoms with Gasteiger partial charge in [-0.25, -0.2) is 8.42 Å². The third-order valence-electron chi connectivity index (χ3n) is 3.75. The van der Waals surface area contributed by atoms with Crippen molar-refractivity contribution in [2.45, 2.75) is 18.7 Å². The summed E-state index contributed by atoms with van der Waals surface area (Å²) in [4.78, 5) is 13.5. The molecule has 0 bridgehead atoms. The molecule has 1 aliphatic rings. The van der Waals surface area contributed by atoms with Crippen molar-refractivity contribution in [2.24, 2.45) is 0 Å². The van der Waals surface area contributed by atoms with Gasteiger partial charge in [0.15, 0.2) is 10.9 Å². The van der Waals surface area contributed by atoms with Crippen molar-refractivity contribution in [1.82, 2.24) is 14.5 Å². The lowest BCUT2D eigenvalue weighted by Crippen LogP contribution is -2.52. The fraction of sp³-hybridized carbons (Fsp3) is 0.467. The molecule has 126 valence electrons. The number of benzene rings is 1. The average Bonchev–Trinajstić information content (AvgIpc) is 2.55. The third-order valence-corrected chi connectivity index (χ3v) is 6.07. The van der Waals surface area contributed by atoms with Crippen LogP contribution in [0.4, 0.5) is 0 Å². The summed E-state index contributed by atoms with van der Waals surface area (Å²) in [5.41, 5.74) is 0.504. The van der Waals surface area contributed by atoms with E-state index in [2.05, 4.69) is 5.32 Å². The molecule has 0 atom stereocenters. The first-order valence-corrected chi connectivity index (χ1v) is 9.35. The van der Waals surface area contributed by atoms with E-state index in [-0.39, 0.29) is 10.7 Å². The predicted molar refractivity (Wildman–Crippen MR) is 93.1 cm³/mol. The largest absolute Gasteiger partial charge is 0.363 e. The quantitative estimate of drug-likeness (QED) is 0.644. The minimum atomic E-state index is -3.53. The van der Waals surface area contributed by atoms with Gasteiger partial charge in [0.2, 0.25) is 10.0 Å². The van der Waals surface area contributed by atoms with Crippen molar-refractivity contribution in [3.05, 3.63) is 29.8 Å². The summed E-state index contributed by atoms with van der Waals surface area (Å²) in [5, 5.41) is 3.74. The minimum absolute atomic E-state index is 0.0838. The van der Waals surface area contributed by atoms with E-state index in [4.69, 9.17) is 12.2 Å². The monoisotopic (exact) mass is 355 g/mol. The van der Waals surface area contributed by atoms with Crippen LogP contribution >= 0.6 is 12.2 Å². The van der Waals surface area contributed by atoms with Crippen molar-refractivity contribution in [3.63, 3.8) is 0 Å². The lowest BCUT2D eigenvalue weighted by Gasteiger charge is -2.35. The smallest absolute Gasteiger partial charge is 0.243 e. The molecule has 1 aromatic carbocycles. The summed E-state index contributed by atoms with van der Waals surface area (Å²) in [5.74, 6) is -0.0838. The van der Waals surface area contributed by atoms with Crippen LogP contribution in [0.25, 0.3) is 0 Å². The van der Waals surface area contributed by atoms with Crippen LogP contribution in [0, 0.1) is 0 Å². The van der Waals surface area contributed by atoms with Crippen LogP contribution in [0.5, 0.6) is 0 Å². The molecule has 1 fully saturated rings. The van der Waals surface area contributed by atoms with Crippen molar-refractivity contribution in [2.75, 3.05) is 32.7 Å². The van der Waals surface area contributed by atoms with E-state index in [9.17, 15) is 13.2 Å². The Balaban J connectivity index is 2.07. The fourth-order valence-corrected chi connectivity index (χ4v) is 4.15. The van der Waals surface area contributed by atoms with Crippen LogP contribution in [-0.4, -0.2) is 61.2 Å². The Kier molecular flexibility index (Phi) is 5.72. The van der Waals surface area contributed by atoms with E-state index < -0.39 is 10.0 Å². The molecule has 0 amide bonds. The summed E-state index contributed by atoms with van der Waals surface area (Å²) in [6.45, 7) is 6.09. The maximum absolute atomic E-state index is 12.6. The van der Waals surface area contributed by atoms with E-state index in [1.54, 1.807) is 12.1 Å². The first-order valence-electron chi connectivity index (χ1n) is 7.50. The molecule has 0 aromatic heterocycles. The number of ketones is 1. The zero-order valence-electron chi connectivity index (χ0n) is 13.3. The number of thiocarbonyl (C=S) groups is 1. The summed E-state index contributed by atoms with van der Waals surface area (Å²) in [7, 11) is -3.53. The Hall–Kier alpha value is -1.51. The van der Waals surface area contributed by atoms with E-state index in [1.165, 1.54) is 23.4 Å². The van der Waals surface area contributed by atoms with Crippen LogP contribution in [-0.2, 0) is 10.0 Å². The van der Waals surface area contributed by atoms with Crippen molar-refractivity contribution in [1.29, 1.82) is 0 Å². The number of Topliss-reactive ketones (excluding diaryl/α,β-unsaturated/α-hetero) is 1. The number of hydrogen-bond donors (Lipinski definition) is 1. The van der Waals surface area contributed by atoms with Gasteiger partial charge < -0.3 is 10.2 Å². The van der Waals surface area contributed by atoms with Gasteiger partial charge in [-0.05, 0) is 38.2 Å². The summed E-state index contributed by atoms with van der Waals surface area (Å²) in [6, 6.07) is 6.07. The number of hydrogen-bond acceptors (Lipinski definition) is 4. The standard InChI is InChI=1S/C15H21N3O3S2/c1-3-16-15(22)17-8-10-18(11-9-17)23(20,21)14-6-4-13(5-7-14)12(2)19/h4-7H,3,8-11H2,1-2H3,(H,16,22). The number of nitrogens with one attached hydrogen (secondary N) is 1. The molecule has 0 aliphatic carbocycles. The van der Waals surface area contributed by atoms with Gasteiger partial charge in [0, 0.05) is 38.3 Å². The maximum Gasteiger partial charge on any atom is 0.243 e. The van der Waals surface area contributed by atoms with E-state index in [1.807, 2.05) is 11.8 Å². The first-order chi connectivity index (χ1) is 10.9. The van der Waals surface area contributed by atoms with Crippen molar-refractivity contribution >= 4 is 33.1 Å². The van der Waals surface area contributed by atoms with Gasteiger partial charge in [0.1, 0.15) is 0 Å². The van der Waals surface area contributed by atoms with Gasteiger partial charge in [0.25, 0.3) is 0 Å². The van der Waals surface area contributed by atoms with Crippen LogP contribution in [0.1, 0.15) is 24.2 Å². The van der Waals surface area contributed by atoms with E-state index in [0.29, 0.717) is 36.9 Å². The van der Waals surface area contributed by atoms with Crippen molar-refractivity contribution in [3.8, 4) is 0 Å². The molecule has 23 heavy (non-hydrogen) atoms. The molecular weight excluding hydrogens is 334 g/mol. The molecule has 0 unspecified atom stereocenters. The second-order valence-electron chi connectivity index (χ2n) is 5.31. The van der Waals surface area contributed by atoms with Crippen LogP contribution in [0.15, 0.2) is 29.2 Å². The predicted octanol–water partition coefficient (Wildman–Crippen LogP) is 1.09. The summed E-state index contributed by atoms with van der Waals surface area (Å²) >= 11 is 5.25. The normalized spacial score (nSPS) is 16.2. The zero-order chi connectivity index (χ0) is 17.0. The lowest BCUT2D eigenvalue weighted by atomic mass is 10.2. The SMILES string of the molecule is CCNC(=S)N1CCN(S(=O)(=O)c2ccc(C(C)=O)cc2)CC1. The Morgan fingerprint density at radius 1 is 1.17 bits per heavy atom. The highest BCUT2D eigenvalue weighted by molar-refractivity contribution is 7.89. The van der Waals surface area contributed by atoms with Gasteiger partial charge in [0.05, 0.1) is 4.90 Å². The molecule has 1 heterocycles. The number of nitrogens with zero attached hydrogens (tertiary/aromatic N) is 2. The van der Waals surface area contributed by atoms with E-state index >= 15 is 0 Å². The highest BCUT2D eigenvalue weighted by atomic mass is 32.2. The van der Waals surface area contributed by atoms with Crippen LogP contribution < -0.4 is 5.32 Å². The van der Waals surface area contributed by atoms with E-state index in [0.717, 1.165) is 6.54 Å². The highest BCUT2D eigenvalue weighted by Crippen LogP contribution is 2.18. The second-order valence-corrected chi connectivity index (χ2v) is 7.63. The third kappa shape index (κ3) is 4.07. The number of sulfonamides is 1. The summed E-state index contributed by atoms with van der Waals surface area (Å²) < 4.78 is 26.7. The number of carbonyl (C=O) groups is 1. The van der Waals surface area contributed by atoms with Gasteiger partial charge in [-0.2, -0.15) is 4.31 Å². The van der Waals surface area contributed by atoms with Gasteiger partial charge in [-0.15, -0.1) is 0 Å². The van der Waals surface area contributed by atoms with Crippen LogP contribution in [0.2, 0.25) is 0 Å². The summed E-state index contributed by atoms with van der Waals surface area (Å²) in [6.07, 6.45) is 0. The topological polar surface area (TPSA) is 69.7 Å². The zero-order valence-corrected chi connectivity index (χ0v) is 14.9. The number of rotatable bonds is 4. The maximum atomic E-state index is 12.6. The van der Waals surface area contributed by atoms with Gasteiger partial charge >= 0.3 is 0 Å². The Labute approximate surface area is 142 Å². The average molecular weight is 355 g/mol. The Morgan fingerprint density at radius 3 is 2.22 bits per heavy atom. The molecule has 0 radical (unpaired) electrons. The first kappa shape index (κ1) is 17.8. The van der Waals surface area contributed by atoms with Crippen molar-refractivity contribution < 1.29 is 13.2 Å². The minimum Gasteiger partial charge on any atom is -0.363 e. The number of carbonyl (C=O) groups excluding carboxylic acids is 1. The Morgan fingerprint density at radius 2 is 1.74 bits per heavy atom. The molecule has 1 N–H and O–H groups in total. The molecule has 1 aliphatic heterocycles. The lowest BCUT2D eigenvalue weighted by molar-refractivity contribution is 0.101. The van der Waals surface area contributed by atoms with Gasteiger partial charge in [-0.3, -0.25) is 4.79 Å². The van der Waals surface area contributed by atoms with Gasteiger partial charge in [-0.1, -0.05) is 12.1 Å². The molecular formula is C15H21N3O3S2. The van der Waals surface area contributed by atoms with Crippen LogP contribution in [0.3, 0.4) is 0 Å². The molecule has 1 aromatic rings. The molecule has 1 saturated heterocycles. The fourth-order valence-electron chi connectivity index (χ4n) is 2.41. The number of piperazine rings is 1. The molecule has 0 saturated carbocycles. The molecule has 0 spiro atoms. The molecule has 8 heteroatoms. The molecule has 2 rings (SSSR count). The second kappa shape index (κ2) is 7.37.